The molecule has 0 saturated heterocycles. The predicted octanol–water partition coefficient (Wildman–Crippen LogP) is 2.12. The van der Waals surface area contributed by atoms with Crippen LogP contribution in [0.1, 0.15) is 25.8 Å². The quantitative estimate of drug-likeness (QED) is 0.878. The van der Waals surface area contributed by atoms with E-state index in [1.807, 2.05) is 4.68 Å². The van der Waals surface area contributed by atoms with Crippen LogP contribution in [-0.2, 0) is 10.0 Å². The number of nitrogens with zero attached hydrogens (tertiary/aromatic N) is 3. The first-order valence-electron chi connectivity index (χ1n) is 6.57. The van der Waals surface area contributed by atoms with Crippen molar-refractivity contribution in [2.75, 3.05) is 11.8 Å². The zero-order valence-corrected chi connectivity index (χ0v) is 13.3. The van der Waals surface area contributed by atoms with Crippen molar-refractivity contribution >= 4 is 27.2 Å². The fourth-order valence-corrected chi connectivity index (χ4v) is 3.94. The minimum atomic E-state index is -3.65. The van der Waals surface area contributed by atoms with E-state index in [-0.39, 0.29) is 4.21 Å². The van der Waals surface area contributed by atoms with Crippen LogP contribution in [0.2, 0.25) is 0 Å². The van der Waals surface area contributed by atoms with Crippen LogP contribution in [0.15, 0.2) is 22.7 Å². The molecule has 2 aromatic rings. The molecule has 1 aliphatic rings. The van der Waals surface area contributed by atoms with E-state index in [1.165, 1.54) is 32.2 Å². The molecule has 21 heavy (non-hydrogen) atoms. The number of sulfonamides is 1. The largest absolute Gasteiger partial charge is 0.480 e. The fraction of sp³-hybridized carbons (Fsp3) is 0.500. The third kappa shape index (κ3) is 3.03. The molecule has 0 aliphatic heterocycles. The molecule has 0 bridgehead atoms. The molecule has 1 unspecified atom stereocenters. The van der Waals surface area contributed by atoms with E-state index in [2.05, 4.69) is 21.1 Å². The Hall–Kier alpha value is -1.61. The van der Waals surface area contributed by atoms with Crippen molar-refractivity contribution in [3.8, 4) is 5.88 Å². The number of ether oxygens (including phenoxy) is 1. The summed E-state index contributed by atoms with van der Waals surface area (Å²) in [7, 11) is -2.20. The topological polar surface area (TPSA) is 86.1 Å². The van der Waals surface area contributed by atoms with Crippen molar-refractivity contribution in [2.24, 2.45) is 5.92 Å². The van der Waals surface area contributed by atoms with E-state index in [9.17, 15) is 8.42 Å². The van der Waals surface area contributed by atoms with Gasteiger partial charge in [0.25, 0.3) is 10.0 Å². The average molecular weight is 328 g/mol. The summed E-state index contributed by atoms with van der Waals surface area (Å²) >= 11 is 0.876. The number of anilines is 1. The van der Waals surface area contributed by atoms with Crippen LogP contribution in [0.4, 0.5) is 5.69 Å². The van der Waals surface area contributed by atoms with Crippen LogP contribution in [0, 0.1) is 5.92 Å². The Morgan fingerprint density at radius 3 is 2.90 bits per heavy atom. The van der Waals surface area contributed by atoms with Gasteiger partial charge in [-0.3, -0.25) is 9.40 Å². The summed E-state index contributed by atoms with van der Waals surface area (Å²) < 4.78 is 37.7. The molecule has 3 rings (SSSR count). The zero-order chi connectivity index (χ0) is 15.0. The molecule has 0 amide bonds. The highest BCUT2D eigenvalue weighted by Gasteiger charge is 2.29. The zero-order valence-electron chi connectivity index (χ0n) is 11.7. The van der Waals surface area contributed by atoms with Gasteiger partial charge in [-0.05, 0) is 37.2 Å². The molecule has 0 spiro atoms. The summed E-state index contributed by atoms with van der Waals surface area (Å²) in [6, 6.07) is 1.69. The standard InChI is InChI=1S/C12H16N4O3S2/c1-8(9-3-4-9)16-7-10(6-13-16)15-21(17,18)12-5-11(19-2)14-20-12/h5-9,15H,3-4H2,1-2H3. The molecule has 1 saturated carbocycles. The maximum Gasteiger partial charge on any atom is 0.273 e. The van der Waals surface area contributed by atoms with E-state index in [1.54, 1.807) is 6.20 Å². The van der Waals surface area contributed by atoms with Crippen LogP contribution in [0.5, 0.6) is 5.88 Å². The third-order valence-corrected chi connectivity index (χ3v) is 6.12. The maximum atomic E-state index is 12.2. The lowest BCUT2D eigenvalue weighted by atomic mass is 10.2. The maximum absolute atomic E-state index is 12.2. The van der Waals surface area contributed by atoms with Gasteiger partial charge in [0.1, 0.15) is 0 Å². The Bertz CT molecular complexity index is 733. The normalized spacial score (nSPS) is 16.7. The van der Waals surface area contributed by atoms with Gasteiger partial charge in [0.2, 0.25) is 5.88 Å². The smallest absolute Gasteiger partial charge is 0.273 e. The van der Waals surface area contributed by atoms with Gasteiger partial charge in [0.15, 0.2) is 4.21 Å². The monoisotopic (exact) mass is 328 g/mol. The molecule has 2 heterocycles. The van der Waals surface area contributed by atoms with E-state index in [0.29, 0.717) is 23.5 Å². The van der Waals surface area contributed by atoms with Crippen molar-refractivity contribution in [1.29, 1.82) is 0 Å². The Labute approximate surface area is 127 Å². The first kappa shape index (κ1) is 14.3. The lowest BCUT2D eigenvalue weighted by Gasteiger charge is -2.09. The molecular weight excluding hydrogens is 312 g/mol. The molecule has 1 fully saturated rings. The SMILES string of the molecule is COc1cc(S(=O)(=O)Nc2cnn(C(C)C3CC3)c2)sn1. The Morgan fingerprint density at radius 2 is 2.29 bits per heavy atom. The highest BCUT2D eigenvalue weighted by atomic mass is 32.2. The second-order valence-electron chi connectivity index (χ2n) is 5.08. The highest BCUT2D eigenvalue weighted by Crippen LogP contribution is 2.39. The van der Waals surface area contributed by atoms with Gasteiger partial charge in [-0.1, -0.05) is 0 Å². The summed E-state index contributed by atoms with van der Waals surface area (Å²) in [5.41, 5.74) is 0.454. The van der Waals surface area contributed by atoms with Gasteiger partial charge >= 0.3 is 0 Å². The third-order valence-electron chi connectivity index (χ3n) is 3.52. The van der Waals surface area contributed by atoms with Gasteiger partial charge in [-0.2, -0.15) is 9.47 Å². The molecule has 1 atom stereocenters. The molecule has 0 radical (unpaired) electrons. The summed E-state index contributed by atoms with van der Waals surface area (Å²) in [5.74, 6) is 0.943. The van der Waals surface area contributed by atoms with Crippen LogP contribution < -0.4 is 9.46 Å². The molecule has 114 valence electrons. The van der Waals surface area contributed by atoms with Crippen molar-refractivity contribution in [2.45, 2.75) is 30.0 Å². The molecule has 2 aromatic heterocycles. The van der Waals surface area contributed by atoms with Crippen molar-refractivity contribution in [3.63, 3.8) is 0 Å². The molecular formula is C12H16N4O3S2. The predicted molar refractivity (Wildman–Crippen MR) is 79.1 cm³/mol. The Balaban J connectivity index is 1.75. The van der Waals surface area contributed by atoms with E-state index in [0.717, 1.165) is 11.5 Å². The summed E-state index contributed by atoms with van der Waals surface area (Å²) in [6.45, 7) is 2.09. The van der Waals surface area contributed by atoms with Crippen LogP contribution >= 0.6 is 11.5 Å². The number of methoxy groups -OCH3 is 1. The number of aromatic nitrogens is 3. The van der Waals surface area contributed by atoms with E-state index >= 15 is 0 Å². The van der Waals surface area contributed by atoms with E-state index < -0.39 is 10.0 Å². The molecule has 7 nitrogen and oxygen atoms in total. The lowest BCUT2D eigenvalue weighted by Crippen LogP contribution is -2.11. The van der Waals surface area contributed by atoms with Gasteiger partial charge in [-0.25, -0.2) is 8.42 Å². The average Bonchev–Trinajstić information content (AvgIpc) is 3.00. The van der Waals surface area contributed by atoms with Gasteiger partial charge in [0, 0.05) is 12.3 Å². The number of nitrogens with one attached hydrogen (secondary N) is 1. The molecule has 0 aromatic carbocycles. The fourth-order valence-electron chi connectivity index (χ4n) is 2.08. The second kappa shape index (κ2) is 5.30. The Kier molecular flexibility index (Phi) is 3.62. The van der Waals surface area contributed by atoms with Crippen molar-refractivity contribution in [3.05, 3.63) is 18.5 Å². The Morgan fingerprint density at radius 1 is 1.52 bits per heavy atom. The minimum Gasteiger partial charge on any atom is -0.480 e. The summed E-state index contributed by atoms with van der Waals surface area (Å²) in [4.78, 5) is 0. The van der Waals surface area contributed by atoms with Crippen molar-refractivity contribution in [1.82, 2.24) is 14.2 Å². The van der Waals surface area contributed by atoms with Crippen LogP contribution in [-0.4, -0.2) is 29.7 Å². The van der Waals surface area contributed by atoms with Crippen molar-refractivity contribution < 1.29 is 13.2 Å². The van der Waals surface area contributed by atoms with Gasteiger partial charge < -0.3 is 4.74 Å². The number of rotatable bonds is 6. The number of hydrogen-bond acceptors (Lipinski definition) is 6. The first-order valence-corrected chi connectivity index (χ1v) is 8.83. The lowest BCUT2D eigenvalue weighted by molar-refractivity contribution is 0.402. The van der Waals surface area contributed by atoms with Crippen LogP contribution in [0.3, 0.4) is 0 Å². The molecule has 9 heteroatoms. The van der Waals surface area contributed by atoms with Gasteiger partial charge in [0.05, 0.1) is 25.0 Å². The van der Waals surface area contributed by atoms with Gasteiger partial charge in [-0.15, -0.1) is 0 Å². The summed E-state index contributed by atoms with van der Waals surface area (Å²) in [5, 5.41) is 4.23. The highest BCUT2D eigenvalue weighted by molar-refractivity contribution is 7.94. The second-order valence-corrected chi connectivity index (χ2v) is 7.80. The minimum absolute atomic E-state index is 0.113. The van der Waals surface area contributed by atoms with Crippen LogP contribution in [0.25, 0.3) is 0 Å². The summed E-state index contributed by atoms with van der Waals surface area (Å²) in [6.07, 6.45) is 5.67. The number of hydrogen-bond donors (Lipinski definition) is 1. The first-order chi connectivity index (χ1) is 9.99. The van der Waals surface area contributed by atoms with E-state index in [4.69, 9.17) is 4.74 Å². The molecule has 1 aliphatic carbocycles. The molecule has 1 N–H and O–H groups in total.